The zero-order valence-electron chi connectivity index (χ0n) is 13.2. The highest BCUT2D eigenvalue weighted by atomic mass is 79.9. The molecule has 1 aliphatic heterocycles. The minimum absolute atomic E-state index is 0.0219. The molecule has 1 N–H and O–H groups in total. The molecule has 3 rings (SSSR count). The number of halogens is 1. The predicted octanol–water partition coefficient (Wildman–Crippen LogP) is 3.97. The van der Waals surface area contributed by atoms with Gasteiger partial charge >= 0.3 is 0 Å². The van der Waals surface area contributed by atoms with Gasteiger partial charge in [-0.25, -0.2) is 0 Å². The summed E-state index contributed by atoms with van der Waals surface area (Å²) in [4.78, 5) is 12.7. The third-order valence-corrected chi connectivity index (χ3v) is 4.25. The maximum absolute atomic E-state index is 12.7. The maximum atomic E-state index is 12.7. The number of rotatable bonds is 3. The van der Waals surface area contributed by atoms with E-state index in [1.807, 2.05) is 30.3 Å². The summed E-state index contributed by atoms with van der Waals surface area (Å²) in [7, 11) is 1.48. The van der Waals surface area contributed by atoms with Crippen LogP contribution in [0.5, 0.6) is 11.5 Å². The van der Waals surface area contributed by atoms with E-state index >= 15 is 0 Å². The lowest BCUT2D eigenvalue weighted by Gasteiger charge is -2.11. The number of phenolic OH excluding ortho intramolecular Hbond substituents is 1. The summed E-state index contributed by atoms with van der Waals surface area (Å²) in [5.74, 6) is 0.159. The van der Waals surface area contributed by atoms with E-state index in [2.05, 4.69) is 21.0 Å². The second kappa shape index (κ2) is 6.49. The number of amides is 1. The van der Waals surface area contributed by atoms with Gasteiger partial charge in [-0.05, 0) is 58.8 Å². The van der Waals surface area contributed by atoms with Crippen molar-refractivity contribution in [2.45, 2.75) is 6.92 Å². The molecule has 0 aromatic heterocycles. The molecule has 0 spiro atoms. The first-order valence-corrected chi connectivity index (χ1v) is 8.04. The first-order chi connectivity index (χ1) is 11.5. The van der Waals surface area contributed by atoms with Crippen molar-refractivity contribution in [1.82, 2.24) is 0 Å². The van der Waals surface area contributed by atoms with Crippen molar-refractivity contribution in [3.8, 4) is 11.5 Å². The minimum Gasteiger partial charge on any atom is -0.503 e. The number of benzene rings is 2. The zero-order valence-corrected chi connectivity index (χ0v) is 14.7. The number of para-hydroxylation sites is 1. The van der Waals surface area contributed by atoms with Crippen molar-refractivity contribution in [2.75, 3.05) is 12.1 Å². The van der Waals surface area contributed by atoms with Crippen molar-refractivity contribution < 1.29 is 14.6 Å². The van der Waals surface area contributed by atoms with Gasteiger partial charge in [0.2, 0.25) is 0 Å². The van der Waals surface area contributed by atoms with Gasteiger partial charge in [-0.2, -0.15) is 10.1 Å². The van der Waals surface area contributed by atoms with Gasteiger partial charge in [0.1, 0.15) is 0 Å². The first-order valence-electron chi connectivity index (χ1n) is 7.24. The molecular weight excluding hydrogens is 372 g/mol. The second-order valence-corrected chi connectivity index (χ2v) is 6.10. The standard InChI is InChI=1S/C18H15BrN2O3/c1-11-14(8-12-9-15(19)17(22)16(10-12)24-2)18(23)21(20-11)13-6-4-3-5-7-13/h3-10,22H,1-2H3. The molecule has 0 bridgehead atoms. The Morgan fingerprint density at radius 2 is 1.96 bits per heavy atom. The molecule has 0 unspecified atom stereocenters. The van der Waals surface area contributed by atoms with E-state index in [4.69, 9.17) is 4.74 Å². The quantitative estimate of drug-likeness (QED) is 0.811. The molecule has 6 heteroatoms. The number of hydrogen-bond acceptors (Lipinski definition) is 4. The zero-order chi connectivity index (χ0) is 17.3. The van der Waals surface area contributed by atoms with Crippen molar-refractivity contribution in [1.29, 1.82) is 0 Å². The summed E-state index contributed by atoms with van der Waals surface area (Å²) in [6.45, 7) is 1.79. The summed E-state index contributed by atoms with van der Waals surface area (Å²) in [6.07, 6.45) is 1.73. The molecule has 0 aliphatic carbocycles. The largest absolute Gasteiger partial charge is 0.503 e. The van der Waals surface area contributed by atoms with E-state index in [0.717, 1.165) is 11.3 Å². The highest BCUT2D eigenvalue weighted by Gasteiger charge is 2.28. The molecule has 2 aromatic rings. The summed E-state index contributed by atoms with van der Waals surface area (Å²) in [5.41, 5.74) is 2.57. The van der Waals surface area contributed by atoms with Gasteiger partial charge in [0.05, 0.1) is 28.6 Å². The number of hydrazone groups is 1. The Hall–Kier alpha value is -2.60. The Bertz CT molecular complexity index is 860. The summed E-state index contributed by atoms with van der Waals surface area (Å²) in [5, 5.41) is 15.6. The van der Waals surface area contributed by atoms with Crippen LogP contribution in [0.4, 0.5) is 5.69 Å². The lowest BCUT2D eigenvalue weighted by molar-refractivity contribution is -0.114. The van der Waals surface area contributed by atoms with E-state index in [9.17, 15) is 9.90 Å². The van der Waals surface area contributed by atoms with Crippen molar-refractivity contribution in [2.24, 2.45) is 5.10 Å². The molecule has 0 fully saturated rings. The third-order valence-electron chi connectivity index (χ3n) is 3.65. The lowest BCUT2D eigenvalue weighted by atomic mass is 10.1. The number of carbonyl (C=O) groups is 1. The van der Waals surface area contributed by atoms with Crippen LogP contribution in [0.15, 0.2) is 57.6 Å². The Labute approximate surface area is 148 Å². The molecule has 1 amide bonds. The lowest BCUT2D eigenvalue weighted by Crippen LogP contribution is -2.21. The van der Waals surface area contributed by atoms with Gasteiger partial charge in [0.25, 0.3) is 5.91 Å². The molecule has 122 valence electrons. The number of aromatic hydroxyl groups is 1. The van der Waals surface area contributed by atoms with E-state index in [-0.39, 0.29) is 11.7 Å². The maximum Gasteiger partial charge on any atom is 0.280 e. The molecule has 0 saturated carbocycles. The van der Waals surface area contributed by atoms with Crippen LogP contribution in [0.3, 0.4) is 0 Å². The molecule has 24 heavy (non-hydrogen) atoms. The molecule has 0 saturated heterocycles. The fourth-order valence-electron chi connectivity index (χ4n) is 2.43. The van der Waals surface area contributed by atoms with E-state index in [1.54, 1.807) is 25.1 Å². The van der Waals surface area contributed by atoms with Gasteiger partial charge in [0.15, 0.2) is 11.5 Å². The number of phenols is 1. The van der Waals surface area contributed by atoms with Crippen LogP contribution < -0.4 is 9.75 Å². The molecule has 0 radical (unpaired) electrons. The molecule has 0 atom stereocenters. The number of methoxy groups -OCH3 is 1. The van der Waals surface area contributed by atoms with E-state index < -0.39 is 0 Å². The minimum atomic E-state index is -0.193. The smallest absolute Gasteiger partial charge is 0.280 e. The van der Waals surface area contributed by atoms with Crippen LogP contribution in [0.2, 0.25) is 0 Å². The molecule has 2 aromatic carbocycles. The fraction of sp³-hybridized carbons (Fsp3) is 0.111. The highest BCUT2D eigenvalue weighted by Crippen LogP contribution is 2.36. The van der Waals surface area contributed by atoms with E-state index in [0.29, 0.717) is 21.5 Å². The first kappa shape index (κ1) is 16.3. The SMILES string of the molecule is COc1cc(C=C2C(=O)N(c3ccccc3)N=C2C)cc(Br)c1O. The van der Waals surface area contributed by atoms with Crippen LogP contribution >= 0.6 is 15.9 Å². The Morgan fingerprint density at radius 1 is 1.25 bits per heavy atom. The Morgan fingerprint density at radius 3 is 2.62 bits per heavy atom. The Balaban J connectivity index is 1.99. The Kier molecular flexibility index (Phi) is 4.40. The molecule has 1 heterocycles. The highest BCUT2D eigenvalue weighted by molar-refractivity contribution is 9.10. The third kappa shape index (κ3) is 2.92. The molecular formula is C18H15BrN2O3. The normalized spacial score (nSPS) is 15.8. The van der Waals surface area contributed by atoms with E-state index in [1.165, 1.54) is 12.1 Å². The van der Waals surface area contributed by atoms with Crippen LogP contribution in [-0.2, 0) is 4.79 Å². The van der Waals surface area contributed by atoms with Crippen LogP contribution in [-0.4, -0.2) is 23.8 Å². The summed E-state index contributed by atoms with van der Waals surface area (Å²) >= 11 is 3.28. The summed E-state index contributed by atoms with van der Waals surface area (Å²) in [6, 6.07) is 12.6. The second-order valence-electron chi connectivity index (χ2n) is 5.25. The topological polar surface area (TPSA) is 62.1 Å². The van der Waals surface area contributed by atoms with Gasteiger partial charge in [-0.15, -0.1) is 0 Å². The van der Waals surface area contributed by atoms with Gasteiger partial charge < -0.3 is 9.84 Å². The number of ether oxygens (including phenoxy) is 1. The van der Waals surface area contributed by atoms with Crippen molar-refractivity contribution >= 4 is 39.3 Å². The number of hydrogen-bond donors (Lipinski definition) is 1. The van der Waals surface area contributed by atoms with Crippen LogP contribution in [0.1, 0.15) is 12.5 Å². The fourth-order valence-corrected chi connectivity index (χ4v) is 2.89. The van der Waals surface area contributed by atoms with Gasteiger partial charge in [0, 0.05) is 0 Å². The summed E-state index contributed by atoms with van der Waals surface area (Å²) < 4.78 is 5.63. The van der Waals surface area contributed by atoms with Gasteiger partial charge in [-0.3, -0.25) is 4.79 Å². The number of anilines is 1. The molecule has 5 nitrogen and oxygen atoms in total. The van der Waals surface area contributed by atoms with Crippen LogP contribution in [0.25, 0.3) is 6.08 Å². The van der Waals surface area contributed by atoms with Crippen LogP contribution in [0, 0.1) is 0 Å². The molecule has 1 aliphatic rings. The number of carbonyl (C=O) groups excluding carboxylic acids is 1. The van der Waals surface area contributed by atoms with Crippen molar-refractivity contribution in [3.63, 3.8) is 0 Å². The average Bonchev–Trinajstić information content (AvgIpc) is 2.87. The monoisotopic (exact) mass is 386 g/mol. The van der Waals surface area contributed by atoms with Gasteiger partial charge in [-0.1, -0.05) is 18.2 Å². The number of nitrogens with zero attached hydrogens (tertiary/aromatic N) is 2. The average molecular weight is 387 g/mol. The predicted molar refractivity (Wildman–Crippen MR) is 97.4 cm³/mol. The van der Waals surface area contributed by atoms with Crippen molar-refractivity contribution in [3.05, 3.63) is 58.1 Å².